The Hall–Kier alpha value is -2.20. The smallest absolute Gasteiger partial charge is 0.255 e. The highest BCUT2D eigenvalue weighted by Gasteiger charge is 2.17. The van der Waals surface area contributed by atoms with E-state index in [9.17, 15) is 4.79 Å². The third-order valence-electron chi connectivity index (χ3n) is 3.61. The topological polar surface area (TPSA) is 47.6 Å². The number of anilines is 1. The maximum atomic E-state index is 12.6. The minimum atomic E-state index is -0.244. The monoisotopic (exact) mass is 347 g/mol. The molecule has 1 amide bonds. The summed E-state index contributed by atoms with van der Waals surface area (Å²) >= 11 is 6.24. The zero-order valence-electron chi connectivity index (χ0n) is 14.4. The number of hydrogen-bond donors (Lipinski definition) is 1. The van der Waals surface area contributed by atoms with Gasteiger partial charge in [0, 0.05) is 11.3 Å². The lowest BCUT2D eigenvalue weighted by molar-refractivity contribution is 0.102. The van der Waals surface area contributed by atoms with Crippen LogP contribution in [0, 0.1) is 0 Å². The number of para-hydroxylation sites is 1. The predicted molar refractivity (Wildman–Crippen MR) is 97.7 cm³/mol. The standard InChI is InChI=1S/C19H22ClNO3/c1-5-24-18-15(20)10-13(11-17(18)23-4)19(22)21-16-9-7-6-8-14(16)12(2)3/h6-12H,5H2,1-4H3,(H,21,22). The molecule has 0 aliphatic carbocycles. The number of methoxy groups -OCH3 is 1. The molecule has 128 valence electrons. The van der Waals surface area contributed by atoms with E-state index in [1.54, 1.807) is 12.1 Å². The summed E-state index contributed by atoms with van der Waals surface area (Å²) in [5.41, 5.74) is 2.29. The Morgan fingerprint density at radius 2 is 1.96 bits per heavy atom. The van der Waals surface area contributed by atoms with Crippen LogP contribution in [-0.2, 0) is 0 Å². The fraction of sp³-hybridized carbons (Fsp3) is 0.316. The number of benzene rings is 2. The molecule has 5 heteroatoms. The molecule has 0 radical (unpaired) electrons. The quantitative estimate of drug-likeness (QED) is 0.788. The Morgan fingerprint density at radius 3 is 2.58 bits per heavy atom. The van der Waals surface area contributed by atoms with Gasteiger partial charge in [-0.25, -0.2) is 0 Å². The van der Waals surface area contributed by atoms with Gasteiger partial charge in [0.15, 0.2) is 11.5 Å². The first kappa shape index (κ1) is 18.1. The maximum absolute atomic E-state index is 12.6. The average Bonchev–Trinajstić information content (AvgIpc) is 2.56. The number of carbonyl (C=O) groups is 1. The third kappa shape index (κ3) is 4.01. The van der Waals surface area contributed by atoms with Gasteiger partial charge in [0.2, 0.25) is 0 Å². The summed E-state index contributed by atoms with van der Waals surface area (Å²) in [6.45, 7) is 6.49. The van der Waals surface area contributed by atoms with Crippen LogP contribution in [0.5, 0.6) is 11.5 Å². The lowest BCUT2D eigenvalue weighted by Gasteiger charge is -2.15. The summed E-state index contributed by atoms with van der Waals surface area (Å²) in [7, 11) is 1.52. The number of amides is 1. The van der Waals surface area contributed by atoms with Crippen molar-refractivity contribution < 1.29 is 14.3 Å². The van der Waals surface area contributed by atoms with Crippen LogP contribution in [0.2, 0.25) is 5.02 Å². The van der Waals surface area contributed by atoms with Crippen LogP contribution in [0.25, 0.3) is 0 Å². The Morgan fingerprint density at radius 1 is 1.25 bits per heavy atom. The molecule has 0 fully saturated rings. The first-order chi connectivity index (χ1) is 11.5. The first-order valence-corrected chi connectivity index (χ1v) is 8.26. The molecule has 0 atom stereocenters. The lowest BCUT2D eigenvalue weighted by Crippen LogP contribution is -2.14. The molecule has 4 nitrogen and oxygen atoms in total. The molecule has 2 rings (SSSR count). The van der Waals surface area contributed by atoms with Gasteiger partial charge < -0.3 is 14.8 Å². The van der Waals surface area contributed by atoms with Crippen LogP contribution in [0.15, 0.2) is 36.4 Å². The zero-order valence-corrected chi connectivity index (χ0v) is 15.1. The van der Waals surface area contributed by atoms with Crippen molar-refractivity contribution in [3.05, 3.63) is 52.5 Å². The van der Waals surface area contributed by atoms with E-state index in [-0.39, 0.29) is 5.91 Å². The SMILES string of the molecule is CCOc1c(Cl)cc(C(=O)Nc2ccccc2C(C)C)cc1OC. The number of nitrogens with one attached hydrogen (secondary N) is 1. The molecule has 1 N–H and O–H groups in total. The Bertz CT molecular complexity index is 729. The maximum Gasteiger partial charge on any atom is 0.255 e. The summed E-state index contributed by atoms with van der Waals surface area (Å²) in [5.74, 6) is 0.943. The van der Waals surface area contributed by atoms with Gasteiger partial charge in [-0.3, -0.25) is 4.79 Å². The van der Waals surface area contributed by atoms with Crippen molar-refractivity contribution in [3.63, 3.8) is 0 Å². The second-order valence-corrected chi connectivity index (χ2v) is 6.03. The van der Waals surface area contributed by atoms with E-state index in [0.717, 1.165) is 11.3 Å². The minimum Gasteiger partial charge on any atom is -0.493 e. The Balaban J connectivity index is 2.32. The van der Waals surface area contributed by atoms with E-state index in [1.165, 1.54) is 7.11 Å². The van der Waals surface area contributed by atoms with Gasteiger partial charge in [0.25, 0.3) is 5.91 Å². The molecule has 0 heterocycles. The molecule has 0 aliphatic heterocycles. The third-order valence-corrected chi connectivity index (χ3v) is 3.89. The second-order valence-electron chi connectivity index (χ2n) is 5.62. The highest BCUT2D eigenvalue weighted by Crippen LogP contribution is 2.36. The molecule has 0 saturated heterocycles. The van der Waals surface area contributed by atoms with Crippen LogP contribution in [0.1, 0.15) is 42.6 Å². The number of carbonyl (C=O) groups excluding carboxylic acids is 1. The number of halogens is 1. The van der Waals surface area contributed by atoms with E-state index in [0.29, 0.717) is 34.6 Å². The first-order valence-electron chi connectivity index (χ1n) is 7.88. The molecule has 2 aromatic rings. The Labute approximate surface area is 147 Å². The molecular formula is C19H22ClNO3. The lowest BCUT2D eigenvalue weighted by atomic mass is 10.0. The van der Waals surface area contributed by atoms with E-state index in [2.05, 4.69) is 19.2 Å². The van der Waals surface area contributed by atoms with Crippen molar-refractivity contribution in [1.82, 2.24) is 0 Å². The molecule has 0 spiro atoms. The van der Waals surface area contributed by atoms with Gasteiger partial charge in [-0.15, -0.1) is 0 Å². The van der Waals surface area contributed by atoms with Crippen LogP contribution in [0.4, 0.5) is 5.69 Å². The molecule has 0 aromatic heterocycles. The molecular weight excluding hydrogens is 326 g/mol. The molecule has 0 bridgehead atoms. The number of ether oxygens (including phenoxy) is 2. The summed E-state index contributed by atoms with van der Waals surface area (Å²) < 4.78 is 10.8. The van der Waals surface area contributed by atoms with E-state index in [1.807, 2.05) is 31.2 Å². The van der Waals surface area contributed by atoms with Gasteiger partial charge in [-0.1, -0.05) is 43.6 Å². The largest absolute Gasteiger partial charge is 0.493 e. The van der Waals surface area contributed by atoms with Crippen LogP contribution in [0.3, 0.4) is 0 Å². The van der Waals surface area contributed by atoms with Crippen LogP contribution >= 0.6 is 11.6 Å². The van der Waals surface area contributed by atoms with Crippen molar-refractivity contribution in [2.45, 2.75) is 26.7 Å². The Kier molecular flexibility index (Phi) is 6.10. The van der Waals surface area contributed by atoms with Crippen molar-refractivity contribution in [2.24, 2.45) is 0 Å². The highest BCUT2D eigenvalue weighted by atomic mass is 35.5. The van der Waals surface area contributed by atoms with Gasteiger partial charge in [0.1, 0.15) is 0 Å². The predicted octanol–water partition coefficient (Wildman–Crippen LogP) is 5.12. The summed E-state index contributed by atoms with van der Waals surface area (Å²) in [6, 6.07) is 11.0. The second kappa shape index (κ2) is 8.06. The van der Waals surface area contributed by atoms with Crippen LogP contribution < -0.4 is 14.8 Å². The van der Waals surface area contributed by atoms with Gasteiger partial charge in [0.05, 0.1) is 18.7 Å². The molecule has 0 aliphatic rings. The fourth-order valence-electron chi connectivity index (χ4n) is 2.44. The zero-order chi connectivity index (χ0) is 17.7. The molecule has 0 saturated carbocycles. The highest BCUT2D eigenvalue weighted by molar-refractivity contribution is 6.32. The minimum absolute atomic E-state index is 0.244. The molecule has 2 aromatic carbocycles. The number of rotatable bonds is 6. The average molecular weight is 348 g/mol. The molecule has 24 heavy (non-hydrogen) atoms. The molecule has 0 unspecified atom stereocenters. The summed E-state index contributed by atoms with van der Waals surface area (Å²) in [4.78, 5) is 12.6. The normalized spacial score (nSPS) is 10.6. The van der Waals surface area contributed by atoms with E-state index in [4.69, 9.17) is 21.1 Å². The van der Waals surface area contributed by atoms with E-state index < -0.39 is 0 Å². The van der Waals surface area contributed by atoms with E-state index >= 15 is 0 Å². The van der Waals surface area contributed by atoms with Crippen molar-refractivity contribution in [2.75, 3.05) is 19.0 Å². The van der Waals surface area contributed by atoms with Crippen LogP contribution in [-0.4, -0.2) is 19.6 Å². The van der Waals surface area contributed by atoms with Crippen molar-refractivity contribution in [1.29, 1.82) is 0 Å². The van der Waals surface area contributed by atoms with Gasteiger partial charge in [-0.05, 0) is 36.6 Å². The fourth-order valence-corrected chi connectivity index (χ4v) is 2.71. The van der Waals surface area contributed by atoms with Gasteiger partial charge >= 0.3 is 0 Å². The summed E-state index contributed by atoms with van der Waals surface area (Å²) in [5, 5.41) is 3.29. The summed E-state index contributed by atoms with van der Waals surface area (Å²) in [6.07, 6.45) is 0. The number of hydrogen-bond acceptors (Lipinski definition) is 3. The van der Waals surface area contributed by atoms with Crippen molar-refractivity contribution >= 4 is 23.2 Å². The van der Waals surface area contributed by atoms with Gasteiger partial charge in [-0.2, -0.15) is 0 Å². The van der Waals surface area contributed by atoms with Crippen molar-refractivity contribution in [3.8, 4) is 11.5 Å².